The highest BCUT2D eigenvalue weighted by Gasteiger charge is 2.15. The summed E-state index contributed by atoms with van der Waals surface area (Å²) in [7, 11) is 0. The highest BCUT2D eigenvalue weighted by atomic mass is 15.1. The molecule has 124 valence electrons. The second kappa shape index (κ2) is 7.51. The molecular formula is C21H25N3. The van der Waals surface area contributed by atoms with E-state index < -0.39 is 0 Å². The fraction of sp³-hybridized carbons (Fsp3) is 0.381. The Morgan fingerprint density at radius 1 is 0.958 bits per heavy atom. The van der Waals surface area contributed by atoms with Crippen LogP contribution in [0.5, 0.6) is 0 Å². The van der Waals surface area contributed by atoms with Crippen LogP contribution in [0.15, 0.2) is 48.5 Å². The van der Waals surface area contributed by atoms with Gasteiger partial charge in [-0.05, 0) is 62.1 Å². The van der Waals surface area contributed by atoms with Crippen molar-refractivity contribution >= 4 is 5.69 Å². The number of rotatable bonds is 5. The summed E-state index contributed by atoms with van der Waals surface area (Å²) in [6.45, 7) is 6.69. The van der Waals surface area contributed by atoms with Crippen molar-refractivity contribution in [1.29, 1.82) is 5.26 Å². The van der Waals surface area contributed by atoms with Gasteiger partial charge in [0.1, 0.15) is 0 Å². The lowest BCUT2D eigenvalue weighted by Crippen LogP contribution is -2.23. The largest absolute Gasteiger partial charge is 0.372 e. The van der Waals surface area contributed by atoms with Gasteiger partial charge >= 0.3 is 0 Å². The highest BCUT2D eigenvalue weighted by Crippen LogP contribution is 2.25. The summed E-state index contributed by atoms with van der Waals surface area (Å²) in [5, 5.41) is 12.7. The predicted octanol–water partition coefficient (Wildman–Crippen LogP) is 4.57. The van der Waals surface area contributed by atoms with Gasteiger partial charge in [-0.1, -0.05) is 24.3 Å². The number of anilines is 1. The van der Waals surface area contributed by atoms with Crippen LogP contribution in [0.25, 0.3) is 0 Å². The molecule has 0 saturated carbocycles. The second-order valence-corrected chi connectivity index (χ2v) is 6.64. The van der Waals surface area contributed by atoms with Gasteiger partial charge in [0.15, 0.2) is 0 Å². The molecule has 2 aromatic rings. The monoisotopic (exact) mass is 319 g/mol. The van der Waals surface area contributed by atoms with E-state index in [2.05, 4.69) is 60.5 Å². The quantitative estimate of drug-likeness (QED) is 0.877. The van der Waals surface area contributed by atoms with Gasteiger partial charge in [0.25, 0.3) is 0 Å². The van der Waals surface area contributed by atoms with Gasteiger partial charge in [-0.25, -0.2) is 0 Å². The minimum atomic E-state index is 0.198. The highest BCUT2D eigenvalue weighted by molar-refractivity contribution is 5.50. The van der Waals surface area contributed by atoms with Crippen LogP contribution in [-0.2, 0) is 0 Å². The fourth-order valence-corrected chi connectivity index (χ4v) is 3.41. The van der Waals surface area contributed by atoms with E-state index in [1.165, 1.54) is 37.2 Å². The molecule has 1 aliphatic heterocycles. The number of benzene rings is 2. The SMILES string of the molecule is C[C@H](N[C@H](C)c1cccc(N2CCCC2)c1)c1cccc(C#N)c1. The van der Waals surface area contributed by atoms with Crippen molar-refractivity contribution in [2.45, 2.75) is 38.8 Å². The zero-order chi connectivity index (χ0) is 16.9. The van der Waals surface area contributed by atoms with Crippen LogP contribution in [0.4, 0.5) is 5.69 Å². The molecule has 2 atom stereocenters. The molecule has 0 aromatic heterocycles. The lowest BCUT2D eigenvalue weighted by Gasteiger charge is -2.23. The molecule has 1 N–H and O–H groups in total. The molecule has 0 spiro atoms. The van der Waals surface area contributed by atoms with Gasteiger partial charge < -0.3 is 10.2 Å². The zero-order valence-corrected chi connectivity index (χ0v) is 14.5. The number of nitrogens with zero attached hydrogens (tertiary/aromatic N) is 2. The van der Waals surface area contributed by atoms with Gasteiger partial charge in [0.2, 0.25) is 0 Å². The smallest absolute Gasteiger partial charge is 0.0991 e. The standard InChI is InChI=1S/C21H25N3/c1-16(19-8-5-7-18(13-19)15-22)23-17(2)20-9-6-10-21(14-20)24-11-3-4-12-24/h5-10,13-14,16-17,23H,3-4,11-12H2,1-2H3/t16-,17+/m0/s1. The molecule has 0 amide bonds. The van der Waals surface area contributed by atoms with Crippen molar-refractivity contribution in [2.75, 3.05) is 18.0 Å². The van der Waals surface area contributed by atoms with E-state index in [-0.39, 0.29) is 12.1 Å². The predicted molar refractivity (Wildman–Crippen MR) is 99.0 cm³/mol. The molecule has 3 rings (SSSR count). The molecule has 1 fully saturated rings. The Balaban J connectivity index is 1.71. The van der Waals surface area contributed by atoms with Gasteiger partial charge in [0, 0.05) is 30.9 Å². The molecule has 0 bridgehead atoms. The van der Waals surface area contributed by atoms with E-state index in [1.54, 1.807) is 0 Å². The van der Waals surface area contributed by atoms with E-state index in [9.17, 15) is 0 Å². The second-order valence-electron chi connectivity index (χ2n) is 6.64. The van der Waals surface area contributed by atoms with Crippen molar-refractivity contribution in [3.8, 4) is 6.07 Å². The Labute approximate surface area is 144 Å². The maximum atomic E-state index is 9.06. The zero-order valence-electron chi connectivity index (χ0n) is 14.5. The van der Waals surface area contributed by atoms with Crippen molar-refractivity contribution in [2.24, 2.45) is 0 Å². The molecule has 24 heavy (non-hydrogen) atoms. The topological polar surface area (TPSA) is 39.1 Å². The average molecular weight is 319 g/mol. The number of hydrogen-bond donors (Lipinski definition) is 1. The molecule has 1 saturated heterocycles. The van der Waals surface area contributed by atoms with Crippen LogP contribution >= 0.6 is 0 Å². The lowest BCUT2D eigenvalue weighted by atomic mass is 10.0. The molecule has 0 unspecified atom stereocenters. The number of nitriles is 1. The normalized spacial score (nSPS) is 16.6. The summed E-state index contributed by atoms with van der Waals surface area (Å²) >= 11 is 0. The Kier molecular flexibility index (Phi) is 5.17. The van der Waals surface area contributed by atoms with Crippen molar-refractivity contribution in [1.82, 2.24) is 5.32 Å². The van der Waals surface area contributed by atoms with E-state index in [0.29, 0.717) is 5.56 Å². The Bertz CT molecular complexity index is 726. The lowest BCUT2D eigenvalue weighted by molar-refractivity contribution is 0.494. The van der Waals surface area contributed by atoms with Crippen LogP contribution in [0.3, 0.4) is 0 Å². The Morgan fingerprint density at radius 2 is 1.58 bits per heavy atom. The summed E-state index contributed by atoms with van der Waals surface area (Å²) in [5.74, 6) is 0. The third kappa shape index (κ3) is 3.77. The number of hydrogen-bond acceptors (Lipinski definition) is 3. The molecular weight excluding hydrogens is 294 g/mol. The first-order chi connectivity index (χ1) is 11.7. The van der Waals surface area contributed by atoms with Gasteiger partial charge in [-0.3, -0.25) is 0 Å². The summed E-state index contributed by atoms with van der Waals surface area (Å²) in [4.78, 5) is 2.47. The Hall–Kier alpha value is -2.31. The molecule has 0 aliphatic carbocycles. The molecule has 3 heteroatoms. The Morgan fingerprint density at radius 3 is 2.25 bits per heavy atom. The van der Waals surface area contributed by atoms with Crippen LogP contribution < -0.4 is 10.2 Å². The van der Waals surface area contributed by atoms with Gasteiger partial charge in [-0.15, -0.1) is 0 Å². The summed E-state index contributed by atoms with van der Waals surface area (Å²) in [6, 6.07) is 19.4. The van der Waals surface area contributed by atoms with Crippen LogP contribution in [0.1, 0.15) is 55.5 Å². The van der Waals surface area contributed by atoms with E-state index in [1.807, 2.05) is 18.2 Å². The number of nitrogens with one attached hydrogen (secondary N) is 1. The first-order valence-electron chi connectivity index (χ1n) is 8.78. The third-order valence-electron chi connectivity index (χ3n) is 4.86. The molecule has 1 heterocycles. The van der Waals surface area contributed by atoms with E-state index in [4.69, 9.17) is 5.26 Å². The van der Waals surface area contributed by atoms with Crippen molar-refractivity contribution in [3.05, 3.63) is 65.2 Å². The first-order valence-corrected chi connectivity index (χ1v) is 8.78. The maximum Gasteiger partial charge on any atom is 0.0991 e. The van der Waals surface area contributed by atoms with E-state index >= 15 is 0 Å². The van der Waals surface area contributed by atoms with E-state index in [0.717, 1.165) is 5.56 Å². The molecule has 0 radical (unpaired) electrons. The van der Waals surface area contributed by atoms with Crippen LogP contribution in [0, 0.1) is 11.3 Å². The van der Waals surface area contributed by atoms with Crippen molar-refractivity contribution in [3.63, 3.8) is 0 Å². The fourth-order valence-electron chi connectivity index (χ4n) is 3.41. The summed E-state index contributed by atoms with van der Waals surface area (Å²) in [6.07, 6.45) is 2.59. The van der Waals surface area contributed by atoms with Crippen molar-refractivity contribution < 1.29 is 0 Å². The minimum Gasteiger partial charge on any atom is -0.372 e. The summed E-state index contributed by atoms with van der Waals surface area (Å²) < 4.78 is 0. The molecule has 3 nitrogen and oxygen atoms in total. The minimum absolute atomic E-state index is 0.198. The average Bonchev–Trinajstić information content (AvgIpc) is 3.16. The summed E-state index contributed by atoms with van der Waals surface area (Å²) in [5.41, 5.74) is 4.50. The van der Waals surface area contributed by atoms with Crippen LogP contribution in [-0.4, -0.2) is 13.1 Å². The van der Waals surface area contributed by atoms with Gasteiger partial charge in [-0.2, -0.15) is 5.26 Å². The first kappa shape index (κ1) is 16.5. The maximum absolute atomic E-state index is 9.06. The molecule has 2 aromatic carbocycles. The van der Waals surface area contributed by atoms with Crippen LogP contribution in [0.2, 0.25) is 0 Å². The third-order valence-corrected chi connectivity index (χ3v) is 4.86. The molecule has 1 aliphatic rings. The van der Waals surface area contributed by atoms with Gasteiger partial charge in [0.05, 0.1) is 11.6 Å².